The smallest absolute Gasteiger partial charge is 0.227 e. The molecule has 1 amide bonds. The predicted octanol–water partition coefficient (Wildman–Crippen LogP) is 3.89. The van der Waals surface area contributed by atoms with E-state index in [1.165, 1.54) is 11.1 Å². The normalized spacial score (nSPS) is 15.7. The van der Waals surface area contributed by atoms with E-state index >= 15 is 0 Å². The van der Waals surface area contributed by atoms with Gasteiger partial charge in [0.15, 0.2) is 17.6 Å². The molecule has 0 radical (unpaired) electrons. The molecule has 140 valence electrons. The first-order chi connectivity index (χ1) is 13.0. The molecule has 5 nitrogen and oxygen atoms in total. The number of nitrogens with zero attached hydrogens (tertiary/aromatic N) is 1. The lowest BCUT2D eigenvalue weighted by Crippen LogP contribution is -2.42. The summed E-state index contributed by atoms with van der Waals surface area (Å²) >= 11 is 0. The quantitative estimate of drug-likeness (QED) is 0.704. The summed E-state index contributed by atoms with van der Waals surface area (Å²) in [5.74, 6) is 1.50. The van der Waals surface area contributed by atoms with Crippen molar-refractivity contribution in [2.45, 2.75) is 26.4 Å². The molecule has 0 saturated heterocycles. The van der Waals surface area contributed by atoms with Gasteiger partial charge in [0.2, 0.25) is 5.91 Å². The highest BCUT2D eigenvalue weighted by molar-refractivity contribution is 5.88. The van der Waals surface area contributed by atoms with Crippen molar-refractivity contribution in [1.29, 1.82) is 0 Å². The fourth-order valence-corrected chi connectivity index (χ4v) is 3.33. The SMILES string of the molecule is Cc1cc2occ(CC(=O)N(C)CC3COc4ccccc4O3)c2cc1C. The first-order valence-corrected chi connectivity index (χ1v) is 9.11. The van der Waals surface area contributed by atoms with E-state index in [4.69, 9.17) is 13.9 Å². The van der Waals surface area contributed by atoms with Crippen LogP contribution in [-0.4, -0.2) is 37.1 Å². The highest BCUT2D eigenvalue weighted by atomic mass is 16.6. The fraction of sp³-hybridized carbons (Fsp3) is 0.318. The van der Waals surface area contributed by atoms with Crippen LogP contribution in [0.3, 0.4) is 0 Å². The van der Waals surface area contributed by atoms with Crippen molar-refractivity contribution in [3.8, 4) is 11.5 Å². The lowest BCUT2D eigenvalue weighted by atomic mass is 10.0. The van der Waals surface area contributed by atoms with Gasteiger partial charge in [-0.15, -0.1) is 0 Å². The highest BCUT2D eigenvalue weighted by Gasteiger charge is 2.24. The van der Waals surface area contributed by atoms with Gasteiger partial charge < -0.3 is 18.8 Å². The maximum Gasteiger partial charge on any atom is 0.227 e. The second kappa shape index (κ2) is 6.99. The Balaban J connectivity index is 1.42. The van der Waals surface area contributed by atoms with Gasteiger partial charge in [0.25, 0.3) is 0 Å². The average Bonchev–Trinajstić information content (AvgIpc) is 3.03. The molecule has 0 saturated carbocycles. The minimum Gasteiger partial charge on any atom is -0.486 e. The standard InChI is InChI=1S/C22H23NO4/c1-14-8-18-16(12-25-21(18)9-15(14)2)10-22(24)23(3)11-17-13-26-19-6-4-5-7-20(19)27-17/h4-9,12,17H,10-11,13H2,1-3H3. The summed E-state index contributed by atoms with van der Waals surface area (Å²) < 4.78 is 17.3. The van der Waals surface area contributed by atoms with Gasteiger partial charge in [-0.1, -0.05) is 12.1 Å². The monoisotopic (exact) mass is 365 g/mol. The molecular weight excluding hydrogens is 342 g/mol. The van der Waals surface area contributed by atoms with E-state index in [2.05, 4.69) is 19.9 Å². The van der Waals surface area contributed by atoms with Crippen molar-refractivity contribution < 1.29 is 18.7 Å². The molecule has 3 aromatic rings. The van der Waals surface area contributed by atoms with Crippen LogP contribution in [0, 0.1) is 13.8 Å². The van der Waals surface area contributed by atoms with Crippen LogP contribution in [-0.2, 0) is 11.2 Å². The second-order valence-corrected chi connectivity index (χ2v) is 7.14. The largest absolute Gasteiger partial charge is 0.486 e. The van der Waals surface area contributed by atoms with Crippen LogP contribution in [0.5, 0.6) is 11.5 Å². The van der Waals surface area contributed by atoms with E-state index in [0.29, 0.717) is 19.6 Å². The first kappa shape index (κ1) is 17.5. The summed E-state index contributed by atoms with van der Waals surface area (Å²) in [7, 11) is 1.80. The molecule has 5 heteroatoms. The Hall–Kier alpha value is -2.95. The number of hydrogen-bond acceptors (Lipinski definition) is 4. The van der Waals surface area contributed by atoms with Crippen LogP contribution in [0.2, 0.25) is 0 Å². The van der Waals surface area contributed by atoms with E-state index in [9.17, 15) is 4.79 Å². The molecule has 0 spiro atoms. The van der Waals surface area contributed by atoms with Crippen LogP contribution in [0.25, 0.3) is 11.0 Å². The number of furan rings is 1. The van der Waals surface area contributed by atoms with Gasteiger partial charge in [-0.05, 0) is 49.2 Å². The molecule has 4 rings (SSSR count). The molecule has 2 aromatic carbocycles. The number of fused-ring (bicyclic) bond motifs is 2. The summed E-state index contributed by atoms with van der Waals surface area (Å²) in [5.41, 5.74) is 4.11. The Labute approximate surface area is 158 Å². The van der Waals surface area contributed by atoms with E-state index < -0.39 is 0 Å². The Morgan fingerprint density at radius 2 is 1.89 bits per heavy atom. The average molecular weight is 365 g/mol. The highest BCUT2D eigenvalue weighted by Crippen LogP contribution is 2.31. The number of amides is 1. The summed E-state index contributed by atoms with van der Waals surface area (Å²) in [5, 5.41) is 1.01. The molecular formula is C22H23NO4. The van der Waals surface area contributed by atoms with Gasteiger partial charge in [-0.2, -0.15) is 0 Å². The van der Waals surface area contributed by atoms with E-state index in [-0.39, 0.29) is 12.0 Å². The van der Waals surface area contributed by atoms with Gasteiger partial charge in [-0.25, -0.2) is 0 Å². The first-order valence-electron chi connectivity index (χ1n) is 9.11. The Morgan fingerprint density at radius 3 is 2.70 bits per heavy atom. The summed E-state index contributed by atoms with van der Waals surface area (Å²) in [6.07, 6.45) is 1.81. The molecule has 1 unspecified atom stereocenters. The molecule has 2 heterocycles. The number of para-hydroxylation sites is 2. The van der Waals surface area contributed by atoms with Crippen molar-refractivity contribution in [2.24, 2.45) is 0 Å². The Morgan fingerprint density at radius 1 is 1.15 bits per heavy atom. The van der Waals surface area contributed by atoms with E-state index in [1.807, 2.05) is 30.3 Å². The molecule has 1 atom stereocenters. The molecule has 27 heavy (non-hydrogen) atoms. The van der Waals surface area contributed by atoms with Crippen LogP contribution in [0.4, 0.5) is 0 Å². The minimum absolute atomic E-state index is 0.0263. The number of aryl methyl sites for hydroxylation is 2. The van der Waals surface area contributed by atoms with Crippen molar-refractivity contribution >= 4 is 16.9 Å². The number of benzene rings is 2. The second-order valence-electron chi connectivity index (χ2n) is 7.14. The number of rotatable bonds is 4. The third-order valence-electron chi connectivity index (χ3n) is 5.08. The van der Waals surface area contributed by atoms with Crippen LogP contribution in [0.1, 0.15) is 16.7 Å². The van der Waals surface area contributed by atoms with Crippen molar-refractivity contribution in [3.63, 3.8) is 0 Å². The molecule has 0 bridgehead atoms. The zero-order valence-electron chi connectivity index (χ0n) is 15.8. The van der Waals surface area contributed by atoms with E-state index in [1.54, 1.807) is 18.2 Å². The van der Waals surface area contributed by atoms with Gasteiger partial charge in [0, 0.05) is 18.0 Å². The van der Waals surface area contributed by atoms with Crippen LogP contribution >= 0.6 is 0 Å². The van der Waals surface area contributed by atoms with Gasteiger partial charge in [0.05, 0.1) is 19.2 Å². The third kappa shape index (κ3) is 3.50. The maximum atomic E-state index is 12.7. The zero-order valence-corrected chi connectivity index (χ0v) is 15.8. The molecule has 0 aliphatic carbocycles. The van der Waals surface area contributed by atoms with Crippen LogP contribution in [0.15, 0.2) is 47.1 Å². The molecule has 1 aliphatic heterocycles. The number of carbonyl (C=O) groups is 1. The summed E-state index contributed by atoms with van der Waals surface area (Å²) in [6.45, 7) is 5.03. The lowest BCUT2D eigenvalue weighted by molar-refractivity contribution is -0.130. The zero-order chi connectivity index (χ0) is 19.0. The Bertz CT molecular complexity index is 991. The molecule has 1 aliphatic rings. The van der Waals surface area contributed by atoms with E-state index in [0.717, 1.165) is 28.0 Å². The number of hydrogen-bond donors (Lipinski definition) is 0. The van der Waals surface area contributed by atoms with Crippen LogP contribution < -0.4 is 9.47 Å². The lowest BCUT2D eigenvalue weighted by Gasteiger charge is -2.29. The van der Waals surface area contributed by atoms with Crippen molar-refractivity contribution in [3.05, 3.63) is 59.4 Å². The van der Waals surface area contributed by atoms with Gasteiger partial charge in [-0.3, -0.25) is 4.79 Å². The minimum atomic E-state index is -0.181. The van der Waals surface area contributed by atoms with Crippen molar-refractivity contribution in [2.75, 3.05) is 20.2 Å². The predicted molar refractivity (Wildman–Crippen MR) is 103 cm³/mol. The topological polar surface area (TPSA) is 51.9 Å². The van der Waals surface area contributed by atoms with Crippen molar-refractivity contribution in [1.82, 2.24) is 4.90 Å². The van der Waals surface area contributed by atoms with Gasteiger partial charge in [0.1, 0.15) is 12.2 Å². The molecule has 1 aromatic heterocycles. The number of carbonyl (C=O) groups excluding carboxylic acids is 1. The summed E-state index contributed by atoms with van der Waals surface area (Å²) in [4.78, 5) is 14.4. The molecule has 0 fully saturated rings. The number of ether oxygens (including phenoxy) is 2. The summed E-state index contributed by atoms with van der Waals surface area (Å²) in [6, 6.07) is 11.7. The fourth-order valence-electron chi connectivity index (χ4n) is 3.33. The molecule has 0 N–H and O–H groups in total. The van der Waals surface area contributed by atoms with Gasteiger partial charge >= 0.3 is 0 Å². The number of likely N-dealkylation sites (N-methyl/N-ethyl adjacent to an activating group) is 1. The maximum absolute atomic E-state index is 12.7. The third-order valence-corrected chi connectivity index (χ3v) is 5.08. The Kier molecular flexibility index (Phi) is 4.52.